The number of amides is 1. The quantitative estimate of drug-likeness (QED) is 0.774. The van der Waals surface area contributed by atoms with Gasteiger partial charge in [-0.3, -0.25) is 4.79 Å². The van der Waals surface area contributed by atoms with Crippen molar-refractivity contribution in [2.45, 2.75) is 18.9 Å². The molecule has 80 valence electrons. The van der Waals surface area contributed by atoms with E-state index in [0.29, 0.717) is 5.92 Å². The van der Waals surface area contributed by atoms with Gasteiger partial charge in [-0.05, 0) is 24.3 Å². The lowest BCUT2D eigenvalue weighted by atomic mass is 10.1. The Hall–Kier alpha value is -1.35. The van der Waals surface area contributed by atoms with Gasteiger partial charge in [0.1, 0.15) is 6.04 Å². The molecule has 1 atom stereocenters. The molecule has 0 saturated heterocycles. The van der Waals surface area contributed by atoms with E-state index >= 15 is 0 Å². The molecule has 0 bridgehead atoms. The molecule has 2 rings (SSSR count). The maximum Gasteiger partial charge on any atom is 0.241 e. The molecule has 3 heteroatoms. The van der Waals surface area contributed by atoms with Crippen LogP contribution < -0.4 is 11.1 Å². The second kappa shape index (κ2) is 4.45. The molecule has 3 nitrogen and oxygen atoms in total. The van der Waals surface area contributed by atoms with E-state index in [1.807, 2.05) is 30.3 Å². The van der Waals surface area contributed by atoms with Gasteiger partial charge in [-0.2, -0.15) is 0 Å². The first kappa shape index (κ1) is 10.2. The minimum Gasteiger partial charge on any atom is -0.354 e. The molecule has 0 aliphatic heterocycles. The minimum absolute atomic E-state index is 0.0758. The van der Waals surface area contributed by atoms with Crippen molar-refractivity contribution in [1.29, 1.82) is 0 Å². The molecule has 1 aliphatic rings. The van der Waals surface area contributed by atoms with Gasteiger partial charge in [0, 0.05) is 6.54 Å². The molecule has 1 aliphatic carbocycles. The summed E-state index contributed by atoms with van der Waals surface area (Å²) in [6.45, 7) is 0.777. The van der Waals surface area contributed by atoms with Gasteiger partial charge in [0.15, 0.2) is 0 Å². The van der Waals surface area contributed by atoms with Crippen LogP contribution in [0.15, 0.2) is 30.3 Å². The Morgan fingerprint density at radius 3 is 2.67 bits per heavy atom. The summed E-state index contributed by atoms with van der Waals surface area (Å²) in [4.78, 5) is 11.6. The Morgan fingerprint density at radius 1 is 1.40 bits per heavy atom. The average molecular weight is 204 g/mol. The Balaban J connectivity index is 1.88. The lowest BCUT2D eigenvalue weighted by molar-refractivity contribution is -0.122. The topological polar surface area (TPSA) is 55.1 Å². The molecule has 0 aromatic heterocycles. The number of rotatable bonds is 4. The zero-order valence-electron chi connectivity index (χ0n) is 8.65. The highest BCUT2D eigenvalue weighted by Gasteiger charge is 2.23. The summed E-state index contributed by atoms with van der Waals surface area (Å²) in [6.07, 6.45) is 2.47. The second-order valence-corrected chi connectivity index (χ2v) is 4.08. The SMILES string of the molecule is NC(C(=O)NCC1CC1)c1ccccc1. The van der Waals surface area contributed by atoms with E-state index in [-0.39, 0.29) is 5.91 Å². The predicted molar refractivity (Wildman–Crippen MR) is 59.1 cm³/mol. The third-order valence-corrected chi connectivity index (χ3v) is 2.70. The molecule has 3 N–H and O–H groups in total. The molecule has 0 radical (unpaired) electrons. The lowest BCUT2D eigenvalue weighted by Crippen LogP contribution is -2.35. The summed E-state index contributed by atoms with van der Waals surface area (Å²) >= 11 is 0. The first-order valence-corrected chi connectivity index (χ1v) is 5.35. The standard InChI is InChI=1S/C12H16N2O/c13-11(10-4-2-1-3-5-10)12(15)14-8-9-6-7-9/h1-5,9,11H,6-8,13H2,(H,14,15). The fraction of sp³-hybridized carbons (Fsp3) is 0.417. The van der Waals surface area contributed by atoms with E-state index in [0.717, 1.165) is 12.1 Å². The Labute approximate surface area is 89.7 Å². The van der Waals surface area contributed by atoms with Crippen molar-refractivity contribution in [2.24, 2.45) is 11.7 Å². The molecule has 1 aromatic rings. The molecular formula is C12H16N2O. The van der Waals surface area contributed by atoms with Crippen LogP contribution in [0.3, 0.4) is 0 Å². The molecule has 1 unspecified atom stereocenters. The molecule has 1 fully saturated rings. The van der Waals surface area contributed by atoms with E-state index in [1.54, 1.807) is 0 Å². The van der Waals surface area contributed by atoms with Crippen LogP contribution in [0.2, 0.25) is 0 Å². The number of hydrogen-bond donors (Lipinski definition) is 2. The molecular weight excluding hydrogens is 188 g/mol. The van der Waals surface area contributed by atoms with Crippen LogP contribution in [-0.2, 0) is 4.79 Å². The van der Waals surface area contributed by atoms with Crippen LogP contribution in [0.25, 0.3) is 0 Å². The van der Waals surface area contributed by atoms with Crippen molar-refractivity contribution in [3.8, 4) is 0 Å². The van der Waals surface area contributed by atoms with E-state index in [4.69, 9.17) is 5.73 Å². The van der Waals surface area contributed by atoms with Gasteiger partial charge in [0.05, 0.1) is 0 Å². The van der Waals surface area contributed by atoms with Gasteiger partial charge >= 0.3 is 0 Å². The fourth-order valence-electron chi connectivity index (χ4n) is 1.49. The highest BCUT2D eigenvalue weighted by molar-refractivity contribution is 5.82. The van der Waals surface area contributed by atoms with Crippen molar-refractivity contribution in [3.05, 3.63) is 35.9 Å². The first-order valence-electron chi connectivity index (χ1n) is 5.35. The lowest BCUT2D eigenvalue weighted by Gasteiger charge is -2.11. The summed E-state index contributed by atoms with van der Waals surface area (Å²) in [6, 6.07) is 8.92. The van der Waals surface area contributed by atoms with E-state index in [1.165, 1.54) is 12.8 Å². The summed E-state index contributed by atoms with van der Waals surface area (Å²) in [5.74, 6) is 0.616. The molecule has 0 spiro atoms. The molecule has 15 heavy (non-hydrogen) atoms. The average Bonchev–Trinajstić information content (AvgIpc) is 3.10. The summed E-state index contributed by atoms with van der Waals surface area (Å²) in [7, 11) is 0. The number of benzene rings is 1. The van der Waals surface area contributed by atoms with Gasteiger partial charge < -0.3 is 11.1 Å². The van der Waals surface area contributed by atoms with E-state index < -0.39 is 6.04 Å². The normalized spacial score (nSPS) is 17.1. The zero-order valence-corrected chi connectivity index (χ0v) is 8.65. The third-order valence-electron chi connectivity index (χ3n) is 2.70. The summed E-state index contributed by atoms with van der Waals surface area (Å²) in [5.41, 5.74) is 6.70. The number of hydrogen-bond acceptors (Lipinski definition) is 2. The largest absolute Gasteiger partial charge is 0.354 e. The van der Waals surface area contributed by atoms with Crippen LogP contribution in [0.1, 0.15) is 24.4 Å². The van der Waals surface area contributed by atoms with Gasteiger partial charge in [-0.15, -0.1) is 0 Å². The highest BCUT2D eigenvalue weighted by atomic mass is 16.2. The number of carbonyl (C=O) groups is 1. The smallest absolute Gasteiger partial charge is 0.241 e. The maximum atomic E-state index is 11.6. The van der Waals surface area contributed by atoms with Gasteiger partial charge in [-0.25, -0.2) is 0 Å². The minimum atomic E-state index is -0.537. The Kier molecular flexibility index (Phi) is 3.02. The van der Waals surface area contributed by atoms with E-state index in [2.05, 4.69) is 5.32 Å². The molecule has 0 heterocycles. The first-order chi connectivity index (χ1) is 7.27. The Bertz CT molecular complexity index is 333. The van der Waals surface area contributed by atoms with Crippen LogP contribution in [0.4, 0.5) is 0 Å². The predicted octanol–water partition coefficient (Wildman–Crippen LogP) is 1.21. The third kappa shape index (κ3) is 2.80. The number of carbonyl (C=O) groups excluding carboxylic acids is 1. The fourth-order valence-corrected chi connectivity index (χ4v) is 1.49. The molecule has 1 saturated carbocycles. The molecule has 1 aromatic carbocycles. The van der Waals surface area contributed by atoms with Crippen LogP contribution in [0.5, 0.6) is 0 Å². The van der Waals surface area contributed by atoms with Crippen molar-refractivity contribution >= 4 is 5.91 Å². The van der Waals surface area contributed by atoms with Gasteiger partial charge in [-0.1, -0.05) is 30.3 Å². The van der Waals surface area contributed by atoms with Crippen molar-refractivity contribution < 1.29 is 4.79 Å². The number of nitrogens with one attached hydrogen (secondary N) is 1. The van der Waals surface area contributed by atoms with E-state index in [9.17, 15) is 4.79 Å². The van der Waals surface area contributed by atoms with Crippen molar-refractivity contribution in [2.75, 3.05) is 6.54 Å². The van der Waals surface area contributed by atoms with Crippen molar-refractivity contribution in [3.63, 3.8) is 0 Å². The van der Waals surface area contributed by atoms with Gasteiger partial charge in [0.25, 0.3) is 0 Å². The monoisotopic (exact) mass is 204 g/mol. The van der Waals surface area contributed by atoms with Crippen molar-refractivity contribution in [1.82, 2.24) is 5.32 Å². The Morgan fingerprint density at radius 2 is 2.07 bits per heavy atom. The molecule has 1 amide bonds. The van der Waals surface area contributed by atoms with Gasteiger partial charge in [0.2, 0.25) is 5.91 Å². The second-order valence-electron chi connectivity index (χ2n) is 4.08. The zero-order chi connectivity index (χ0) is 10.7. The summed E-state index contributed by atoms with van der Waals surface area (Å²) < 4.78 is 0. The van der Waals surface area contributed by atoms with Crippen LogP contribution >= 0.6 is 0 Å². The highest BCUT2D eigenvalue weighted by Crippen LogP contribution is 2.27. The number of nitrogens with two attached hydrogens (primary N) is 1. The summed E-state index contributed by atoms with van der Waals surface area (Å²) in [5, 5.41) is 2.88. The maximum absolute atomic E-state index is 11.6. The van der Waals surface area contributed by atoms with Crippen LogP contribution in [-0.4, -0.2) is 12.5 Å². The van der Waals surface area contributed by atoms with Crippen LogP contribution in [0, 0.1) is 5.92 Å².